The first kappa shape index (κ1) is 24.2. The Hall–Kier alpha value is -3.45. The van der Waals surface area contributed by atoms with Crippen LogP contribution in [0.1, 0.15) is 61.1 Å². The van der Waals surface area contributed by atoms with Gasteiger partial charge in [0.25, 0.3) is 11.8 Å². The van der Waals surface area contributed by atoms with Crippen LogP contribution in [0.5, 0.6) is 0 Å². The molecular weight excluding hydrogens is 485 g/mol. The fourth-order valence-electron chi connectivity index (χ4n) is 2.50. The molecule has 1 atom stereocenters. The molecule has 33 heavy (non-hydrogen) atoms. The third kappa shape index (κ3) is 5.87. The normalized spacial score (nSPS) is 12.2. The minimum Gasteiger partial charge on any atom is -0.342 e. The lowest BCUT2D eigenvalue weighted by molar-refractivity contribution is -0.137. The van der Waals surface area contributed by atoms with E-state index in [1.54, 1.807) is 6.92 Å². The molecule has 0 fully saturated rings. The second kappa shape index (κ2) is 9.58. The van der Waals surface area contributed by atoms with E-state index in [0.29, 0.717) is 11.1 Å². The highest BCUT2D eigenvalue weighted by Gasteiger charge is 2.34. The fourth-order valence-corrected chi connectivity index (χ4v) is 3.53. The maximum absolute atomic E-state index is 13.0. The molecule has 1 unspecified atom stereocenters. The Balaban J connectivity index is 1.69. The minimum atomic E-state index is -4.71. The number of Topliss-reactive ketones (excluding diaryl/α,β-unsaturated/α-hetero) is 1. The number of thiazole rings is 1. The van der Waals surface area contributed by atoms with Crippen molar-refractivity contribution in [2.24, 2.45) is 0 Å². The van der Waals surface area contributed by atoms with E-state index in [0.717, 1.165) is 23.9 Å². The van der Waals surface area contributed by atoms with Crippen LogP contribution in [-0.2, 0) is 6.18 Å². The molecule has 3 heterocycles. The number of nitrogens with zero attached hydrogens (tertiary/aromatic N) is 4. The molecule has 172 valence electrons. The number of rotatable bonds is 6. The summed E-state index contributed by atoms with van der Waals surface area (Å²) < 4.78 is 38.9. The average Bonchev–Trinajstić information content (AvgIpc) is 3.25. The summed E-state index contributed by atoms with van der Waals surface area (Å²) >= 11 is 6.45. The van der Waals surface area contributed by atoms with Crippen LogP contribution in [0.25, 0.3) is 0 Å². The van der Waals surface area contributed by atoms with Crippen LogP contribution in [-0.4, -0.2) is 37.5 Å². The molecule has 0 saturated carbocycles. The number of alkyl halides is 3. The van der Waals surface area contributed by atoms with Crippen molar-refractivity contribution in [2.45, 2.75) is 26.1 Å². The molecule has 2 N–H and O–H groups in total. The predicted molar refractivity (Wildman–Crippen MR) is 112 cm³/mol. The highest BCUT2D eigenvalue weighted by Crippen LogP contribution is 2.35. The largest absolute Gasteiger partial charge is 0.418 e. The van der Waals surface area contributed by atoms with E-state index in [1.165, 1.54) is 19.2 Å². The molecule has 0 aliphatic heterocycles. The number of nitrogens with one attached hydrogen (secondary N) is 2. The highest BCUT2D eigenvalue weighted by atomic mass is 35.5. The number of hydrogen-bond donors (Lipinski definition) is 2. The second-order valence-electron chi connectivity index (χ2n) is 6.60. The molecule has 3 aromatic rings. The highest BCUT2D eigenvalue weighted by molar-refractivity contribution is 7.13. The number of carbonyl (C=O) groups is 3. The maximum Gasteiger partial charge on any atom is 0.418 e. The van der Waals surface area contributed by atoms with Crippen LogP contribution < -0.4 is 10.6 Å². The van der Waals surface area contributed by atoms with Crippen LogP contribution >= 0.6 is 22.9 Å². The second-order valence-corrected chi connectivity index (χ2v) is 8.07. The molecule has 0 radical (unpaired) electrons. The lowest BCUT2D eigenvalue weighted by Gasteiger charge is -2.11. The zero-order valence-corrected chi connectivity index (χ0v) is 18.5. The fraction of sp³-hybridized carbons (Fsp3) is 0.211. The predicted octanol–water partition coefficient (Wildman–Crippen LogP) is 3.95. The van der Waals surface area contributed by atoms with E-state index in [2.05, 4.69) is 30.6 Å². The van der Waals surface area contributed by atoms with Crippen LogP contribution in [0.15, 0.2) is 30.9 Å². The van der Waals surface area contributed by atoms with Gasteiger partial charge >= 0.3 is 6.18 Å². The van der Waals surface area contributed by atoms with Gasteiger partial charge in [0.05, 0.1) is 22.8 Å². The van der Waals surface area contributed by atoms with Gasteiger partial charge < -0.3 is 10.6 Å². The Labute approximate surface area is 193 Å². The third-order valence-electron chi connectivity index (χ3n) is 4.13. The van der Waals surface area contributed by atoms with Gasteiger partial charge in [0.2, 0.25) is 0 Å². The molecule has 3 aromatic heterocycles. The summed E-state index contributed by atoms with van der Waals surface area (Å²) in [5, 5.41) is 4.66. The van der Waals surface area contributed by atoms with Gasteiger partial charge in [-0.15, -0.1) is 11.3 Å². The maximum atomic E-state index is 13.0. The van der Waals surface area contributed by atoms with Gasteiger partial charge in [-0.3, -0.25) is 14.4 Å². The van der Waals surface area contributed by atoms with Gasteiger partial charge in [-0.25, -0.2) is 19.9 Å². The van der Waals surface area contributed by atoms with Crippen LogP contribution in [0.3, 0.4) is 0 Å². The first-order valence-electron chi connectivity index (χ1n) is 9.09. The number of hydrogen-bond acceptors (Lipinski definition) is 8. The Bertz CT molecular complexity index is 1230. The molecule has 3 rings (SSSR count). The smallest absolute Gasteiger partial charge is 0.342 e. The molecule has 0 saturated heterocycles. The Morgan fingerprint density at radius 3 is 2.39 bits per heavy atom. The van der Waals surface area contributed by atoms with E-state index in [4.69, 9.17) is 11.6 Å². The van der Waals surface area contributed by atoms with E-state index in [-0.39, 0.29) is 27.9 Å². The SMILES string of the molecule is CC(=O)c1cc(C(=O)NC(C)c2ncc(C(=O)Nc3cc(C(F)(F)F)c(Cl)cn3)s2)ncn1. The molecule has 0 aliphatic rings. The molecule has 0 aromatic carbocycles. The summed E-state index contributed by atoms with van der Waals surface area (Å²) in [6.45, 7) is 2.92. The quantitative estimate of drug-likeness (QED) is 0.493. The molecule has 9 nitrogen and oxygen atoms in total. The van der Waals surface area contributed by atoms with Crippen LogP contribution in [0.4, 0.5) is 19.0 Å². The number of ketones is 1. The summed E-state index contributed by atoms with van der Waals surface area (Å²) in [4.78, 5) is 51.7. The monoisotopic (exact) mass is 498 g/mol. The molecule has 0 aliphatic carbocycles. The first-order chi connectivity index (χ1) is 15.5. The number of pyridine rings is 1. The van der Waals surface area contributed by atoms with Crippen LogP contribution in [0.2, 0.25) is 5.02 Å². The van der Waals surface area contributed by atoms with Crippen molar-refractivity contribution in [3.8, 4) is 0 Å². The summed E-state index contributed by atoms with van der Waals surface area (Å²) in [6.07, 6.45) is -1.60. The molecular formula is C19H14ClF3N6O3S. The van der Waals surface area contributed by atoms with Crippen molar-refractivity contribution < 1.29 is 27.6 Å². The van der Waals surface area contributed by atoms with Crippen molar-refractivity contribution in [3.63, 3.8) is 0 Å². The van der Waals surface area contributed by atoms with Crippen molar-refractivity contribution >= 4 is 46.4 Å². The average molecular weight is 499 g/mol. The summed E-state index contributed by atoms with van der Waals surface area (Å²) in [5.41, 5.74) is -1.07. The van der Waals surface area contributed by atoms with E-state index in [1.807, 2.05) is 0 Å². The van der Waals surface area contributed by atoms with Crippen molar-refractivity contribution in [3.05, 3.63) is 62.7 Å². The Kier molecular flexibility index (Phi) is 7.03. The molecule has 0 spiro atoms. The number of anilines is 1. The summed E-state index contributed by atoms with van der Waals surface area (Å²) in [7, 11) is 0. The van der Waals surface area contributed by atoms with Gasteiger partial charge in [-0.2, -0.15) is 13.2 Å². The van der Waals surface area contributed by atoms with Gasteiger partial charge in [0, 0.05) is 13.1 Å². The zero-order valence-electron chi connectivity index (χ0n) is 16.9. The summed E-state index contributed by atoms with van der Waals surface area (Å²) in [6, 6.07) is 1.24. The van der Waals surface area contributed by atoms with Gasteiger partial charge in [0.15, 0.2) is 5.78 Å². The number of carbonyl (C=O) groups excluding carboxylic acids is 3. The zero-order chi connectivity index (χ0) is 24.3. The van der Waals surface area contributed by atoms with Gasteiger partial charge in [-0.05, 0) is 19.1 Å². The van der Waals surface area contributed by atoms with E-state index in [9.17, 15) is 27.6 Å². The van der Waals surface area contributed by atoms with Gasteiger partial charge in [-0.1, -0.05) is 11.6 Å². The first-order valence-corrected chi connectivity index (χ1v) is 10.3. The van der Waals surface area contributed by atoms with Crippen LogP contribution in [0, 0.1) is 0 Å². The lowest BCUT2D eigenvalue weighted by Crippen LogP contribution is -2.27. The third-order valence-corrected chi connectivity index (χ3v) is 5.61. The van der Waals surface area contributed by atoms with Crippen molar-refractivity contribution in [2.75, 3.05) is 5.32 Å². The molecule has 2 amide bonds. The van der Waals surface area contributed by atoms with E-state index < -0.39 is 34.6 Å². The van der Waals surface area contributed by atoms with Crippen molar-refractivity contribution in [1.82, 2.24) is 25.3 Å². The standard InChI is InChI=1S/C19H14ClF3N6O3S/c1-8(28-16(31)13-4-12(9(2)30)26-7-27-13)18-25-6-14(33-18)17(32)29-15-3-10(19(21,22)23)11(20)5-24-15/h3-8H,1-2H3,(H,28,31)(H,24,29,32). The Morgan fingerprint density at radius 2 is 1.73 bits per heavy atom. The number of amides is 2. The topological polar surface area (TPSA) is 127 Å². The van der Waals surface area contributed by atoms with E-state index >= 15 is 0 Å². The minimum absolute atomic E-state index is 0.0224. The lowest BCUT2D eigenvalue weighted by atomic mass is 10.2. The molecule has 14 heteroatoms. The number of aromatic nitrogens is 4. The van der Waals surface area contributed by atoms with Crippen molar-refractivity contribution in [1.29, 1.82) is 0 Å². The molecule has 0 bridgehead atoms. The Morgan fingerprint density at radius 1 is 1.03 bits per heavy atom. The summed E-state index contributed by atoms with van der Waals surface area (Å²) in [5.74, 6) is -1.98. The van der Waals surface area contributed by atoms with Gasteiger partial charge in [0.1, 0.15) is 33.4 Å². The number of halogens is 4.